The Hall–Kier alpha value is -2.27. The molecule has 0 unspecified atom stereocenters. The van der Waals surface area contributed by atoms with Crippen LogP contribution < -0.4 is 4.74 Å². The average molecular weight is 237 g/mol. The van der Waals surface area contributed by atoms with Gasteiger partial charge in [0.15, 0.2) is 0 Å². The second-order valence-corrected chi connectivity index (χ2v) is 4.01. The van der Waals surface area contributed by atoms with Crippen LogP contribution in [-0.2, 0) is 13.0 Å². The van der Waals surface area contributed by atoms with Crippen LogP contribution in [0.5, 0.6) is 5.75 Å². The Morgan fingerprint density at radius 1 is 0.944 bits per heavy atom. The third-order valence-electron chi connectivity index (χ3n) is 2.70. The summed E-state index contributed by atoms with van der Waals surface area (Å²) in [5, 5.41) is 0. The Bertz CT molecular complexity index is 528. The number of hydrogen-bond acceptors (Lipinski definition) is 1. The van der Waals surface area contributed by atoms with Crippen molar-refractivity contribution in [2.24, 2.45) is 0 Å². The molecule has 2 aromatic carbocycles. The summed E-state index contributed by atoms with van der Waals surface area (Å²) in [6, 6.07) is 18.0. The molecule has 0 radical (unpaired) electrons. The summed E-state index contributed by atoms with van der Waals surface area (Å²) in [4.78, 5) is 3.38. The summed E-state index contributed by atoms with van der Waals surface area (Å²) < 4.78 is 5.82. The fraction of sp³-hybridized carbons (Fsp3) is 0.188. The molecule has 0 amide bonds. The van der Waals surface area contributed by atoms with E-state index in [2.05, 4.69) is 4.85 Å². The molecule has 0 aliphatic rings. The van der Waals surface area contributed by atoms with Crippen LogP contribution in [0.25, 0.3) is 4.85 Å². The SMILES string of the molecule is [C-]#[N+]CCc1ccccc1OCc1ccccc1. The molecule has 0 bridgehead atoms. The van der Waals surface area contributed by atoms with E-state index in [0.29, 0.717) is 13.2 Å². The van der Waals surface area contributed by atoms with E-state index in [1.165, 1.54) is 0 Å². The van der Waals surface area contributed by atoms with Gasteiger partial charge < -0.3 is 9.58 Å². The van der Waals surface area contributed by atoms with Crippen LogP contribution in [0.4, 0.5) is 0 Å². The largest absolute Gasteiger partial charge is 0.489 e. The molecule has 0 saturated heterocycles. The molecule has 2 aromatic rings. The Labute approximate surface area is 108 Å². The predicted molar refractivity (Wildman–Crippen MR) is 72.4 cm³/mol. The Kier molecular flexibility index (Phi) is 4.38. The average Bonchev–Trinajstić information content (AvgIpc) is 2.45. The third kappa shape index (κ3) is 3.36. The quantitative estimate of drug-likeness (QED) is 0.722. The zero-order valence-electron chi connectivity index (χ0n) is 10.2. The lowest BCUT2D eigenvalue weighted by atomic mass is 10.1. The Morgan fingerprint density at radius 3 is 2.44 bits per heavy atom. The van der Waals surface area contributed by atoms with Crippen molar-refractivity contribution < 1.29 is 4.74 Å². The maximum atomic E-state index is 6.84. The van der Waals surface area contributed by atoms with Crippen molar-refractivity contribution in [2.75, 3.05) is 6.54 Å². The molecule has 2 heteroatoms. The second kappa shape index (κ2) is 6.46. The molecular formula is C16H15NO. The van der Waals surface area contributed by atoms with E-state index in [1.807, 2.05) is 54.6 Å². The van der Waals surface area contributed by atoms with Crippen molar-refractivity contribution in [3.05, 3.63) is 77.1 Å². The highest BCUT2D eigenvalue weighted by Gasteiger charge is 2.04. The first-order valence-electron chi connectivity index (χ1n) is 5.98. The van der Waals surface area contributed by atoms with Gasteiger partial charge in [-0.15, -0.1) is 0 Å². The molecule has 0 aliphatic carbocycles. The molecule has 0 atom stereocenters. The zero-order chi connectivity index (χ0) is 12.6. The van der Waals surface area contributed by atoms with Gasteiger partial charge in [0.2, 0.25) is 6.54 Å². The number of benzene rings is 2. The van der Waals surface area contributed by atoms with Gasteiger partial charge >= 0.3 is 0 Å². The number of nitrogens with zero attached hydrogens (tertiary/aromatic N) is 1. The first kappa shape index (κ1) is 12.2. The highest BCUT2D eigenvalue weighted by molar-refractivity contribution is 5.34. The van der Waals surface area contributed by atoms with Crippen molar-refractivity contribution in [2.45, 2.75) is 13.0 Å². The minimum Gasteiger partial charge on any atom is -0.489 e. The molecule has 0 spiro atoms. The molecule has 2 rings (SSSR count). The minimum atomic E-state index is 0.506. The van der Waals surface area contributed by atoms with E-state index in [9.17, 15) is 0 Å². The van der Waals surface area contributed by atoms with Gasteiger partial charge in [-0.25, -0.2) is 6.57 Å². The lowest BCUT2D eigenvalue weighted by Crippen LogP contribution is -1.99. The molecule has 0 aromatic heterocycles. The molecular weight excluding hydrogens is 222 g/mol. The Morgan fingerprint density at radius 2 is 1.67 bits per heavy atom. The van der Waals surface area contributed by atoms with E-state index in [4.69, 9.17) is 11.3 Å². The standard InChI is InChI=1S/C16H15NO/c1-17-12-11-15-9-5-6-10-16(15)18-13-14-7-3-2-4-8-14/h2-10H,11-13H2. The van der Waals surface area contributed by atoms with Crippen molar-refractivity contribution in [1.29, 1.82) is 0 Å². The normalized spacial score (nSPS) is 9.72. The monoisotopic (exact) mass is 237 g/mol. The fourth-order valence-corrected chi connectivity index (χ4v) is 1.76. The van der Waals surface area contributed by atoms with E-state index >= 15 is 0 Å². The van der Waals surface area contributed by atoms with Crippen LogP contribution >= 0.6 is 0 Å². The molecule has 0 saturated carbocycles. The summed E-state index contributed by atoms with van der Waals surface area (Å²) in [6.07, 6.45) is 0.745. The van der Waals surface area contributed by atoms with E-state index < -0.39 is 0 Å². The number of para-hydroxylation sites is 1. The van der Waals surface area contributed by atoms with E-state index in [-0.39, 0.29) is 0 Å². The number of hydrogen-bond donors (Lipinski definition) is 0. The van der Waals surface area contributed by atoms with Gasteiger partial charge in [-0.3, -0.25) is 0 Å². The third-order valence-corrected chi connectivity index (χ3v) is 2.70. The fourth-order valence-electron chi connectivity index (χ4n) is 1.76. The molecule has 18 heavy (non-hydrogen) atoms. The molecule has 2 nitrogen and oxygen atoms in total. The number of rotatable bonds is 5. The van der Waals surface area contributed by atoms with E-state index in [1.54, 1.807) is 0 Å². The lowest BCUT2D eigenvalue weighted by Gasteiger charge is -2.09. The van der Waals surface area contributed by atoms with Crippen LogP contribution in [-0.4, -0.2) is 6.54 Å². The highest BCUT2D eigenvalue weighted by Crippen LogP contribution is 2.19. The first-order chi connectivity index (χ1) is 8.90. The maximum absolute atomic E-state index is 6.84. The van der Waals surface area contributed by atoms with Crippen LogP contribution in [0.3, 0.4) is 0 Å². The van der Waals surface area contributed by atoms with Crippen LogP contribution in [0.15, 0.2) is 54.6 Å². The van der Waals surface area contributed by atoms with Gasteiger partial charge in [-0.05, 0) is 11.6 Å². The smallest absolute Gasteiger partial charge is 0.218 e. The summed E-state index contributed by atoms with van der Waals surface area (Å²) in [7, 11) is 0. The number of ether oxygens (including phenoxy) is 1. The predicted octanol–water partition coefficient (Wildman–Crippen LogP) is 3.73. The molecule has 0 fully saturated rings. The summed E-state index contributed by atoms with van der Waals surface area (Å²) in [5.74, 6) is 0.880. The van der Waals surface area contributed by atoms with Gasteiger partial charge in [-0.2, -0.15) is 0 Å². The molecule has 90 valence electrons. The second-order valence-electron chi connectivity index (χ2n) is 4.01. The van der Waals surface area contributed by atoms with Crippen molar-refractivity contribution in [1.82, 2.24) is 0 Å². The van der Waals surface area contributed by atoms with Crippen LogP contribution in [0.1, 0.15) is 11.1 Å². The van der Waals surface area contributed by atoms with Crippen molar-refractivity contribution >= 4 is 0 Å². The van der Waals surface area contributed by atoms with Gasteiger partial charge in [0.25, 0.3) is 0 Å². The molecule has 0 heterocycles. The van der Waals surface area contributed by atoms with E-state index in [0.717, 1.165) is 23.3 Å². The zero-order valence-corrected chi connectivity index (χ0v) is 10.2. The van der Waals surface area contributed by atoms with Crippen molar-refractivity contribution in [3.63, 3.8) is 0 Å². The van der Waals surface area contributed by atoms with Gasteiger partial charge in [0.05, 0.1) is 0 Å². The van der Waals surface area contributed by atoms with Gasteiger partial charge in [0.1, 0.15) is 12.4 Å². The van der Waals surface area contributed by atoms with Gasteiger partial charge in [0, 0.05) is 12.0 Å². The highest BCUT2D eigenvalue weighted by atomic mass is 16.5. The first-order valence-corrected chi connectivity index (χ1v) is 5.98. The van der Waals surface area contributed by atoms with Crippen LogP contribution in [0, 0.1) is 6.57 Å². The Balaban J connectivity index is 2.03. The minimum absolute atomic E-state index is 0.506. The summed E-state index contributed by atoms with van der Waals surface area (Å²) in [5.41, 5.74) is 2.25. The topological polar surface area (TPSA) is 13.6 Å². The molecule has 0 N–H and O–H groups in total. The molecule has 0 aliphatic heterocycles. The lowest BCUT2D eigenvalue weighted by molar-refractivity contribution is 0.303. The summed E-state index contributed by atoms with van der Waals surface area (Å²) in [6.45, 7) is 7.91. The summed E-state index contributed by atoms with van der Waals surface area (Å²) >= 11 is 0. The van der Waals surface area contributed by atoms with Crippen molar-refractivity contribution in [3.8, 4) is 5.75 Å². The van der Waals surface area contributed by atoms with Gasteiger partial charge in [-0.1, -0.05) is 48.5 Å². The maximum Gasteiger partial charge on any atom is 0.218 e. The van der Waals surface area contributed by atoms with Crippen LogP contribution in [0.2, 0.25) is 0 Å².